The third-order valence-electron chi connectivity index (χ3n) is 8.38. The molecule has 0 spiro atoms. The van der Waals surface area contributed by atoms with Gasteiger partial charge in [0.2, 0.25) is 10.3 Å². The molecule has 2 aliphatic rings. The maximum atomic E-state index is 12.5. The minimum absolute atomic E-state index is 0.0377. The summed E-state index contributed by atoms with van der Waals surface area (Å²) >= 11 is 0. The molecule has 1 aliphatic carbocycles. The van der Waals surface area contributed by atoms with Crippen LogP contribution in [0.3, 0.4) is 0 Å². The molecular weight excluding hydrogens is 569 g/mol. The van der Waals surface area contributed by atoms with Crippen LogP contribution in [0.4, 0.5) is 13.2 Å². The number of likely N-dealkylation sites (tertiary alicyclic amines) is 1. The lowest BCUT2D eigenvalue weighted by molar-refractivity contribution is -0.274. The van der Waals surface area contributed by atoms with Gasteiger partial charge in [-0.25, -0.2) is 9.97 Å². The standard InChI is InChI=1S/C30H31F3N4O4S/c31-30(32,33)41-23-9-7-22(8-10-23)40-18-19-2-1-15-37(17-19)29(42(38)39)21-5-3-20(4-6-21)24-11-13-34-26-16-36-28-25(27(24)26)12-14-35-28/h7-14,16,19-21,34H,1-6,15,17-18H2. The second kappa shape index (κ2) is 11.9. The highest BCUT2D eigenvalue weighted by Gasteiger charge is 2.34. The number of ether oxygens (including phenoxy) is 2. The molecule has 0 bridgehead atoms. The van der Waals surface area contributed by atoms with Gasteiger partial charge in [-0.05, 0) is 86.4 Å². The summed E-state index contributed by atoms with van der Waals surface area (Å²) in [4.78, 5) is 14.6. The molecule has 4 aromatic rings. The van der Waals surface area contributed by atoms with Gasteiger partial charge in [0.25, 0.3) is 0 Å². The van der Waals surface area contributed by atoms with Crippen molar-refractivity contribution in [2.24, 2.45) is 11.8 Å². The summed E-state index contributed by atoms with van der Waals surface area (Å²) in [5, 5.41) is 2.17. The number of pyridine rings is 2. The largest absolute Gasteiger partial charge is 0.573 e. The van der Waals surface area contributed by atoms with E-state index in [-0.39, 0.29) is 17.6 Å². The number of benzene rings is 1. The van der Waals surface area contributed by atoms with Gasteiger partial charge in [-0.3, -0.25) is 4.90 Å². The number of nitrogens with zero attached hydrogens (tertiary/aromatic N) is 3. The summed E-state index contributed by atoms with van der Waals surface area (Å²) < 4.78 is 72.1. The Morgan fingerprint density at radius 3 is 2.50 bits per heavy atom. The highest BCUT2D eigenvalue weighted by Crippen LogP contribution is 2.41. The van der Waals surface area contributed by atoms with Gasteiger partial charge >= 0.3 is 6.36 Å². The smallest absolute Gasteiger partial charge is 0.493 e. The van der Waals surface area contributed by atoms with Crippen molar-refractivity contribution in [1.29, 1.82) is 0 Å². The summed E-state index contributed by atoms with van der Waals surface area (Å²) in [6, 6.07) is 9.43. The van der Waals surface area contributed by atoms with Crippen LogP contribution in [0.1, 0.15) is 50.0 Å². The van der Waals surface area contributed by atoms with Crippen molar-refractivity contribution in [3.05, 3.63) is 60.6 Å². The molecule has 1 atom stereocenters. The van der Waals surface area contributed by atoms with E-state index in [1.54, 1.807) is 6.20 Å². The van der Waals surface area contributed by atoms with Crippen molar-refractivity contribution < 1.29 is 31.1 Å². The van der Waals surface area contributed by atoms with Crippen molar-refractivity contribution >= 4 is 37.2 Å². The molecule has 1 aromatic carbocycles. The predicted molar refractivity (Wildman–Crippen MR) is 153 cm³/mol. The minimum Gasteiger partial charge on any atom is -0.493 e. The molecule has 0 radical (unpaired) electrons. The summed E-state index contributed by atoms with van der Waals surface area (Å²) in [5.41, 5.74) is 2.95. The Morgan fingerprint density at radius 2 is 1.76 bits per heavy atom. The van der Waals surface area contributed by atoms with Gasteiger partial charge in [-0.2, -0.15) is 8.42 Å². The van der Waals surface area contributed by atoms with Crippen LogP contribution in [0.5, 0.6) is 11.5 Å². The molecule has 1 saturated carbocycles. The van der Waals surface area contributed by atoms with Gasteiger partial charge < -0.3 is 14.5 Å². The van der Waals surface area contributed by atoms with Crippen LogP contribution in [0.15, 0.2) is 55.0 Å². The quantitative estimate of drug-likeness (QED) is 0.268. The van der Waals surface area contributed by atoms with E-state index in [1.807, 2.05) is 23.4 Å². The molecule has 4 heterocycles. The Balaban J connectivity index is 1.09. The number of alkyl halides is 3. The normalized spacial score (nSPS) is 21.8. The predicted octanol–water partition coefficient (Wildman–Crippen LogP) is 6.08. The fraction of sp³-hybridized carbons (Fsp3) is 0.433. The van der Waals surface area contributed by atoms with Crippen LogP contribution in [-0.4, -0.2) is 59.3 Å². The Bertz CT molecular complexity index is 1690. The van der Waals surface area contributed by atoms with Crippen molar-refractivity contribution in [2.75, 3.05) is 19.7 Å². The number of halogens is 3. The lowest BCUT2D eigenvalue weighted by atomic mass is 9.77. The third kappa shape index (κ3) is 6.24. The first-order valence-corrected chi connectivity index (χ1v) is 15.2. The summed E-state index contributed by atoms with van der Waals surface area (Å²) in [5.74, 6) is 0.506. The third-order valence-corrected chi connectivity index (χ3v) is 9.32. The number of aromatic nitrogens is 3. The number of nitrogens with one attached hydrogen (secondary N) is 1. The molecule has 1 N–H and O–H groups in total. The molecule has 8 nitrogen and oxygen atoms in total. The molecule has 1 aliphatic heterocycles. The summed E-state index contributed by atoms with van der Waals surface area (Å²) in [7, 11) is -2.33. The van der Waals surface area contributed by atoms with Gasteiger partial charge in [0, 0.05) is 48.1 Å². The van der Waals surface area contributed by atoms with Crippen LogP contribution in [-0.2, 0) is 10.3 Å². The van der Waals surface area contributed by atoms with E-state index in [0.717, 1.165) is 60.5 Å². The Labute approximate surface area is 242 Å². The van der Waals surface area contributed by atoms with Gasteiger partial charge in [0.15, 0.2) is 5.65 Å². The fourth-order valence-electron chi connectivity index (χ4n) is 6.53. The van der Waals surface area contributed by atoms with Crippen LogP contribution in [0.2, 0.25) is 0 Å². The van der Waals surface area contributed by atoms with Crippen LogP contribution < -0.4 is 9.47 Å². The SMILES string of the molecule is O=S(=O)=C(C1CCC(c2cc[nH]c3cnc4nccc4c23)CC1)N1CCCC(COc2ccc(OC(F)(F)F)cc2)C1. The summed E-state index contributed by atoms with van der Waals surface area (Å²) in [6.45, 7) is 1.59. The number of hydrogen-bond donors (Lipinski definition) is 1. The number of piperidine rings is 1. The van der Waals surface area contributed by atoms with Crippen molar-refractivity contribution in [2.45, 2.75) is 50.8 Å². The molecule has 3 aromatic heterocycles. The number of aromatic amines is 1. The monoisotopic (exact) mass is 600 g/mol. The van der Waals surface area contributed by atoms with Crippen LogP contribution in [0.25, 0.3) is 21.9 Å². The first kappa shape index (κ1) is 28.5. The average Bonchev–Trinajstić information content (AvgIpc) is 3.46. The van der Waals surface area contributed by atoms with Crippen LogP contribution >= 0.6 is 0 Å². The van der Waals surface area contributed by atoms with Crippen molar-refractivity contribution in [3.63, 3.8) is 0 Å². The molecule has 0 amide bonds. The van der Waals surface area contributed by atoms with E-state index in [2.05, 4.69) is 25.8 Å². The minimum atomic E-state index is -4.75. The number of hydrogen-bond acceptors (Lipinski definition) is 6. The molecular formula is C30H31F3N4O4S. The molecule has 1 unspecified atom stereocenters. The lowest BCUT2D eigenvalue weighted by Crippen LogP contribution is -2.45. The zero-order valence-electron chi connectivity index (χ0n) is 22.8. The Kier molecular flexibility index (Phi) is 8.09. The van der Waals surface area contributed by atoms with Crippen LogP contribution in [0, 0.1) is 11.8 Å². The van der Waals surface area contributed by atoms with E-state index in [1.165, 1.54) is 29.8 Å². The second-order valence-corrected chi connectivity index (χ2v) is 12.0. The maximum Gasteiger partial charge on any atom is 0.573 e. The highest BCUT2D eigenvalue weighted by atomic mass is 32.2. The van der Waals surface area contributed by atoms with E-state index >= 15 is 0 Å². The zero-order valence-corrected chi connectivity index (χ0v) is 23.6. The highest BCUT2D eigenvalue weighted by molar-refractivity contribution is 7.72. The van der Waals surface area contributed by atoms with Crippen molar-refractivity contribution in [1.82, 2.24) is 19.9 Å². The topological polar surface area (TPSA) is 97.4 Å². The molecule has 12 heteroatoms. The van der Waals surface area contributed by atoms with Gasteiger partial charge in [0.05, 0.1) is 18.3 Å². The zero-order chi connectivity index (χ0) is 29.3. The average molecular weight is 601 g/mol. The molecule has 222 valence electrons. The maximum absolute atomic E-state index is 12.5. The molecule has 1 saturated heterocycles. The fourth-order valence-corrected chi connectivity index (χ4v) is 7.41. The molecule has 6 rings (SSSR count). The lowest BCUT2D eigenvalue weighted by Gasteiger charge is -2.37. The van der Waals surface area contributed by atoms with E-state index in [4.69, 9.17) is 4.74 Å². The molecule has 2 fully saturated rings. The van der Waals surface area contributed by atoms with E-state index < -0.39 is 16.7 Å². The Morgan fingerprint density at radius 1 is 1.00 bits per heavy atom. The first-order valence-electron chi connectivity index (χ1n) is 14.2. The van der Waals surface area contributed by atoms with Gasteiger partial charge in [0.1, 0.15) is 16.5 Å². The van der Waals surface area contributed by atoms with Gasteiger partial charge in [-0.15, -0.1) is 13.2 Å². The number of fused-ring (bicyclic) bond motifs is 3. The van der Waals surface area contributed by atoms with E-state index in [0.29, 0.717) is 36.4 Å². The second-order valence-electron chi connectivity index (χ2n) is 11.1. The Hall–Kier alpha value is -3.64. The first-order chi connectivity index (χ1) is 20.2. The number of rotatable bonds is 6. The summed E-state index contributed by atoms with van der Waals surface area (Å²) in [6.07, 6.45) is 5.85. The number of H-pyrrole nitrogens is 1. The molecule has 42 heavy (non-hydrogen) atoms. The van der Waals surface area contributed by atoms with Gasteiger partial charge in [-0.1, -0.05) is 0 Å². The van der Waals surface area contributed by atoms with E-state index in [9.17, 15) is 21.6 Å². The van der Waals surface area contributed by atoms with Crippen molar-refractivity contribution in [3.8, 4) is 11.5 Å².